The molecule has 0 saturated heterocycles. The first-order valence-corrected chi connectivity index (χ1v) is 6.06. The molecule has 0 spiro atoms. The van der Waals surface area contributed by atoms with Gasteiger partial charge in [0.1, 0.15) is 0 Å². The molecule has 0 aromatic carbocycles. The summed E-state index contributed by atoms with van der Waals surface area (Å²) in [6, 6.07) is 0. The van der Waals surface area contributed by atoms with E-state index in [0.29, 0.717) is 11.8 Å². The van der Waals surface area contributed by atoms with Crippen LogP contribution in [0.2, 0.25) is 0 Å². The summed E-state index contributed by atoms with van der Waals surface area (Å²) in [5, 5.41) is 10.5. The SMILES string of the molecule is CC1CC(C)CC(C(C)(O)C(C)C)C1. The van der Waals surface area contributed by atoms with Gasteiger partial charge in [-0.25, -0.2) is 0 Å². The maximum Gasteiger partial charge on any atom is 0.0670 e. The van der Waals surface area contributed by atoms with Crippen molar-refractivity contribution in [3.63, 3.8) is 0 Å². The zero-order chi connectivity index (χ0) is 10.9. The Hall–Kier alpha value is -0.0400. The van der Waals surface area contributed by atoms with E-state index in [1.54, 1.807) is 0 Å². The fraction of sp³-hybridized carbons (Fsp3) is 1.00. The fourth-order valence-electron chi connectivity index (χ4n) is 2.90. The predicted octanol–water partition coefficient (Wildman–Crippen LogP) is 3.47. The molecule has 0 aromatic heterocycles. The number of hydrogen-bond acceptors (Lipinski definition) is 1. The van der Waals surface area contributed by atoms with E-state index in [2.05, 4.69) is 27.7 Å². The van der Waals surface area contributed by atoms with Crippen LogP contribution in [0.1, 0.15) is 53.9 Å². The quantitative estimate of drug-likeness (QED) is 0.720. The fourth-order valence-corrected chi connectivity index (χ4v) is 2.90. The van der Waals surface area contributed by atoms with Crippen LogP contribution in [0.15, 0.2) is 0 Å². The highest BCUT2D eigenvalue weighted by Gasteiger charge is 2.38. The standard InChI is InChI=1S/C13H26O/c1-9(2)13(5,14)12-7-10(3)6-11(4)8-12/h9-12,14H,6-8H2,1-5H3. The van der Waals surface area contributed by atoms with Crippen LogP contribution in [0, 0.1) is 23.7 Å². The molecule has 84 valence electrons. The molecule has 0 aromatic rings. The van der Waals surface area contributed by atoms with Crippen molar-refractivity contribution in [1.29, 1.82) is 0 Å². The zero-order valence-corrected chi connectivity index (χ0v) is 10.4. The highest BCUT2D eigenvalue weighted by atomic mass is 16.3. The highest BCUT2D eigenvalue weighted by Crippen LogP contribution is 2.41. The summed E-state index contributed by atoms with van der Waals surface area (Å²) in [6.07, 6.45) is 3.75. The van der Waals surface area contributed by atoms with Crippen molar-refractivity contribution < 1.29 is 5.11 Å². The lowest BCUT2D eigenvalue weighted by Crippen LogP contribution is -2.43. The molecule has 0 radical (unpaired) electrons. The van der Waals surface area contributed by atoms with Crippen LogP contribution in [0.25, 0.3) is 0 Å². The third kappa shape index (κ3) is 2.50. The minimum atomic E-state index is -0.469. The molecule has 3 unspecified atom stereocenters. The molecule has 1 aliphatic rings. The summed E-state index contributed by atoms with van der Waals surface area (Å²) in [7, 11) is 0. The van der Waals surface area contributed by atoms with Gasteiger partial charge < -0.3 is 5.11 Å². The van der Waals surface area contributed by atoms with Crippen molar-refractivity contribution in [2.45, 2.75) is 59.5 Å². The Morgan fingerprint density at radius 3 is 1.86 bits per heavy atom. The Balaban J connectivity index is 2.67. The van der Waals surface area contributed by atoms with Gasteiger partial charge in [0, 0.05) is 0 Å². The van der Waals surface area contributed by atoms with Gasteiger partial charge in [-0.3, -0.25) is 0 Å². The number of hydrogen-bond donors (Lipinski definition) is 1. The van der Waals surface area contributed by atoms with E-state index in [9.17, 15) is 5.11 Å². The lowest BCUT2D eigenvalue weighted by molar-refractivity contribution is -0.0679. The predicted molar refractivity (Wildman–Crippen MR) is 61.1 cm³/mol. The molecule has 3 atom stereocenters. The summed E-state index contributed by atoms with van der Waals surface area (Å²) in [5.74, 6) is 2.44. The second-order valence-electron chi connectivity index (χ2n) is 5.99. The normalized spacial score (nSPS) is 38.4. The van der Waals surface area contributed by atoms with E-state index in [0.717, 1.165) is 11.8 Å². The molecular formula is C13H26O. The van der Waals surface area contributed by atoms with Gasteiger partial charge in [-0.1, -0.05) is 27.7 Å². The van der Waals surface area contributed by atoms with Crippen molar-refractivity contribution in [2.75, 3.05) is 0 Å². The molecule has 14 heavy (non-hydrogen) atoms. The van der Waals surface area contributed by atoms with E-state index in [1.807, 2.05) is 6.92 Å². The molecule has 0 amide bonds. The Morgan fingerprint density at radius 2 is 1.50 bits per heavy atom. The molecule has 1 fully saturated rings. The van der Waals surface area contributed by atoms with Gasteiger partial charge in [0.05, 0.1) is 5.60 Å². The average Bonchev–Trinajstić information content (AvgIpc) is 2.01. The maximum atomic E-state index is 10.5. The van der Waals surface area contributed by atoms with Crippen LogP contribution in [0.4, 0.5) is 0 Å². The van der Waals surface area contributed by atoms with Crippen molar-refractivity contribution in [3.05, 3.63) is 0 Å². The van der Waals surface area contributed by atoms with Crippen LogP contribution >= 0.6 is 0 Å². The third-order valence-corrected chi connectivity index (χ3v) is 4.17. The van der Waals surface area contributed by atoms with Gasteiger partial charge in [0.2, 0.25) is 0 Å². The van der Waals surface area contributed by atoms with Crippen LogP contribution < -0.4 is 0 Å². The Morgan fingerprint density at radius 1 is 1.07 bits per heavy atom. The zero-order valence-electron chi connectivity index (χ0n) is 10.4. The van der Waals surface area contributed by atoms with Crippen LogP contribution in [0.5, 0.6) is 0 Å². The molecule has 1 saturated carbocycles. The molecule has 1 aliphatic carbocycles. The van der Waals surface area contributed by atoms with Gasteiger partial charge in [-0.15, -0.1) is 0 Å². The first-order valence-electron chi connectivity index (χ1n) is 6.06. The number of rotatable bonds is 2. The smallest absolute Gasteiger partial charge is 0.0670 e. The Labute approximate surface area is 88.9 Å². The van der Waals surface area contributed by atoms with Crippen LogP contribution in [-0.2, 0) is 0 Å². The lowest BCUT2D eigenvalue weighted by Gasteiger charge is -2.42. The lowest BCUT2D eigenvalue weighted by atomic mass is 9.67. The molecule has 1 heteroatoms. The van der Waals surface area contributed by atoms with Gasteiger partial charge in [-0.05, 0) is 49.9 Å². The molecule has 1 N–H and O–H groups in total. The topological polar surface area (TPSA) is 20.2 Å². The Bertz CT molecular complexity index is 174. The summed E-state index contributed by atoms with van der Waals surface area (Å²) in [4.78, 5) is 0. The molecule has 0 heterocycles. The van der Waals surface area contributed by atoms with Crippen LogP contribution in [-0.4, -0.2) is 10.7 Å². The minimum Gasteiger partial charge on any atom is -0.390 e. The van der Waals surface area contributed by atoms with E-state index in [1.165, 1.54) is 19.3 Å². The van der Waals surface area contributed by atoms with E-state index in [-0.39, 0.29) is 0 Å². The third-order valence-electron chi connectivity index (χ3n) is 4.17. The maximum absolute atomic E-state index is 10.5. The van der Waals surface area contributed by atoms with E-state index < -0.39 is 5.60 Å². The van der Waals surface area contributed by atoms with Gasteiger partial charge >= 0.3 is 0 Å². The van der Waals surface area contributed by atoms with Crippen molar-refractivity contribution in [1.82, 2.24) is 0 Å². The summed E-state index contributed by atoms with van der Waals surface area (Å²) in [5.41, 5.74) is -0.469. The second-order valence-corrected chi connectivity index (χ2v) is 5.99. The molecule has 1 rings (SSSR count). The first-order chi connectivity index (χ1) is 6.34. The second kappa shape index (κ2) is 4.22. The van der Waals surface area contributed by atoms with E-state index in [4.69, 9.17) is 0 Å². The Kier molecular flexibility index (Phi) is 3.63. The van der Waals surface area contributed by atoms with Crippen molar-refractivity contribution in [3.8, 4) is 0 Å². The molecular weight excluding hydrogens is 172 g/mol. The van der Waals surface area contributed by atoms with Gasteiger partial charge in [-0.2, -0.15) is 0 Å². The monoisotopic (exact) mass is 198 g/mol. The van der Waals surface area contributed by atoms with Gasteiger partial charge in [0.15, 0.2) is 0 Å². The molecule has 1 nitrogen and oxygen atoms in total. The van der Waals surface area contributed by atoms with Crippen molar-refractivity contribution in [2.24, 2.45) is 23.7 Å². The largest absolute Gasteiger partial charge is 0.390 e. The van der Waals surface area contributed by atoms with Crippen molar-refractivity contribution >= 4 is 0 Å². The molecule has 0 bridgehead atoms. The van der Waals surface area contributed by atoms with Crippen LogP contribution in [0.3, 0.4) is 0 Å². The summed E-state index contributed by atoms with van der Waals surface area (Å²) in [6.45, 7) is 10.9. The summed E-state index contributed by atoms with van der Waals surface area (Å²) < 4.78 is 0. The van der Waals surface area contributed by atoms with Gasteiger partial charge in [0.25, 0.3) is 0 Å². The summed E-state index contributed by atoms with van der Waals surface area (Å²) >= 11 is 0. The molecule has 0 aliphatic heterocycles. The number of aliphatic hydroxyl groups is 1. The average molecular weight is 198 g/mol. The first kappa shape index (κ1) is 12.0. The minimum absolute atomic E-state index is 0.366. The highest BCUT2D eigenvalue weighted by molar-refractivity contribution is 4.89. The van der Waals surface area contributed by atoms with E-state index >= 15 is 0 Å².